The van der Waals surface area contributed by atoms with E-state index in [0.29, 0.717) is 11.5 Å². The molecule has 1 aliphatic rings. The van der Waals surface area contributed by atoms with Crippen molar-refractivity contribution < 1.29 is 15.1 Å². The molecule has 0 spiro atoms. The molecule has 4 heteroatoms. The Labute approximate surface area is 81.4 Å². The van der Waals surface area contributed by atoms with Crippen LogP contribution in [0.4, 0.5) is 0 Å². The molecule has 4 nitrogen and oxygen atoms in total. The van der Waals surface area contributed by atoms with Crippen molar-refractivity contribution in [1.29, 1.82) is 0 Å². The molecule has 0 amide bonds. The van der Waals surface area contributed by atoms with Crippen LogP contribution in [-0.2, 0) is 6.42 Å². The first-order valence-corrected chi connectivity index (χ1v) is 4.46. The molecule has 0 saturated heterocycles. The van der Waals surface area contributed by atoms with Gasteiger partial charge in [0.1, 0.15) is 23.8 Å². The second kappa shape index (κ2) is 3.21. The third-order valence-corrected chi connectivity index (χ3v) is 2.36. The number of phenols is 1. The minimum absolute atomic E-state index is 0.227. The molecule has 0 unspecified atom stereocenters. The summed E-state index contributed by atoms with van der Waals surface area (Å²) in [6, 6.07) is 3.36. The van der Waals surface area contributed by atoms with Crippen LogP contribution in [0.25, 0.3) is 0 Å². The zero-order valence-corrected chi connectivity index (χ0v) is 7.82. The molecule has 2 rings (SSSR count). The minimum atomic E-state index is 0.227. The smallest absolute Gasteiger partial charge is 0.134 e. The number of aryl methyl sites for hydroxylation is 1. The van der Waals surface area contributed by atoms with Gasteiger partial charge in [0.05, 0.1) is 0 Å². The van der Waals surface area contributed by atoms with E-state index < -0.39 is 0 Å². The van der Waals surface area contributed by atoms with Gasteiger partial charge in [-0.3, -0.25) is 0 Å². The van der Waals surface area contributed by atoms with Crippen LogP contribution in [0.5, 0.6) is 11.5 Å². The zero-order valence-electron chi connectivity index (χ0n) is 7.82. The molecule has 14 heavy (non-hydrogen) atoms. The van der Waals surface area contributed by atoms with E-state index in [4.69, 9.17) is 9.94 Å². The van der Waals surface area contributed by atoms with Gasteiger partial charge in [0.25, 0.3) is 0 Å². The third-order valence-electron chi connectivity index (χ3n) is 2.36. The lowest BCUT2D eigenvalue weighted by molar-refractivity contribution is 0.313. The highest BCUT2D eigenvalue weighted by molar-refractivity contribution is 6.06. The van der Waals surface area contributed by atoms with Crippen LogP contribution in [0.15, 0.2) is 17.3 Å². The van der Waals surface area contributed by atoms with E-state index in [1.165, 1.54) is 0 Å². The van der Waals surface area contributed by atoms with Crippen LogP contribution in [0.3, 0.4) is 0 Å². The molecular formula is C10H11NO3. The summed E-state index contributed by atoms with van der Waals surface area (Å²) in [5.41, 5.74) is 2.10. The quantitative estimate of drug-likeness (QED) is 0.525. The van der Waals surface area contributed by atoms with Gasteiger partial charge in [-0.15, -0.1) is 0 Å². The van der Waals surface area contributed by atoms with Gasteiger partial charge in [-0.05, 0) is 18.1 Å². The maximum absolute atomic E-state index is 9.55. The van der Waals surface area contributed by atoms with Gasteiger partial charge in [0, 0.05) is 11.6 Å². The predicted molar refractivity (Wildman–Crippen MR) is 51.3 cm³/mol. The molecule has 0 aliphatic carbocycles. The first kappa shape index (κ1) is 8.87. The lowest BCUT2D eigenvalue weighted by atomic mass is 10.0. The molecule has 2 N–H and O–H groups in total. The highest BCUT2D eigenvalue weighted by Crippen LogP contribution is 2.32. The monoisotopic (exact) mass is 193 g/mol. The van der Waals surface area contributed by atoms with Crippen molar-refractivity contribution in [2.24, 2.45) is 5.16 Å². The topological polar surface area (TPSA) is 62.0 Å². The van der Waals surface area contributed by atoms with Crippen molar-refractivity contribution in [2.45, 2.75) is 13.3 Å². The molecule has 0 radical (unpaired) electrons. The molecule has 1 aromatic carbocycles. The SMILES string of the molecule is CCc1cc2c(cc1O)OC/C2=N\O. The summed E-state index contributed by atoms with van der Waals surface area (Å²) in [7, 11) is 0. The number of benzene rings is 1. The van der Waals surface area contributed by atoms with Crippen molar-refractivity contribution in [3.05, 3.63) is 23.3 Å². The molecule has 74 valence electrons. The maximum Gasteiger partial charge on any atom is 0.134 e. The fourth-order valence-corrected chi connectivity index (χ4v) is 1.55. The molecule has 0 aromatic heterocycles. The van der Waals surface area contributed by atoms with E-state index in [-0.39, 0.29) is 12.4 Å². The average molecular weight is 193 g/mol. The Morgan fingerprint density at radius 3 is 2.93 bits per heavy atom. The fourth-order valence-electron chi connectivity index (χ4n) is 1.55. The molecule has 0 saturated carbocycles. The summed E-state index contributed by atoms with van der Waals surface area (Å²) in [5.74, 6) is 0.804. The molecule has 0 bridgehead atoms. The van der Waals surface area contributed by atoms with Crippen LogP contribution in [0, 0.1) is 0 Å². The van der Waals surface area contributed by atoms with E-state index >= 15 is 0 Å². The second-order valence-corrected chi connectivity index (χ2v) is 3.17. The molecule has 0 atom stereocenters. The number of phenolic OH excluding ortho intramolecular Hbond substituents is 1. The summed E-state index contributed by atoms with van der Waals surface area (Å²) in [6.45, 7) is 2.21. The Morgan fingerprint density at radius 2 is 2.29 bits per heavy atom. The summed E-state index contributed by atoms with van der Waals surface area (Å²) in [5, 5.41) is 21.4. The van der Waals surface area contributed by atoms with E-state index in [9.17, 15) is 5.11 Å². The molecule has 1 heterocycles. The lowest BCUT2D eigenvalue weighted by Crippen LogP contribution is -2.01. The Bertz CT molecular complexity index is 399. The highest BCUT2D eigenvalue weighted by atomic mass is 16.5. The van der Waals surface area contributed by atoms with E-state index in [1.54, 1.807) is 12.1 Å². The highest BCUT2D eigenvalue weighted by Gasteiger charge is 2.21. The van der Waals surface area contributed by atoms with Crippen LogP contribution in [0.1, 0.15) is 18.1 Å². The van der Waals surface area contributed by atoms with Crippen molar-refractivity contribution in [3.8, 4) is 11.5 Å². The van der Waals surface area contributed by atoms with E-state index in [1.807, 2.05) is 6.92 Å². The number of oxime groups is 1. The van der Waals surface area contributed by atoms with E-state index in [0.717, 1.165) is 17.5 Å². The third kappa shape index (κ3) is 1.19. The first-order valence-electron chi connectivity index (χ1n) is 4.46. The van der Waals surface area contributed by atoms with Crippen LogP contribution < -0.4 is 4.74 Å². The van der Waals surface area contributed by atoms with Gasteiger partial charge < -0.3 is 15.1 Å². The molecule has 1 aromatic rings. The number of hydrogen-bond acceptors (Lipinski definition) is 4. The average Bonchev–Trinajstić information content (AvgIpc) is 2.58. The van der Waals surface area contributed by atoms with Gasteiger partial charge in [0.15, 0.2) is 0 Å². The van der Waals surface area contributed by atoms with Gasteiger partial charge in [-0.1, -0.05) is 12.1 Å². The normalized spacial score (nSPS) is 16.8. The Kier molecular flexibility index (Phi) is 2.04. The van der Waals surface area contributed by atoms with Crippen molar-refractivity contribution >= 4 is 5.71 Å². The van der Waals surface area contributed by atoms with Crippen molar-refractivity contribution in [1.82, 2.24) is 0 Å². The first-order chi connectivity index (χ1) is 6.76. The summed E-state index contributed by atoms with van der Waals surface area (Å²) < 4.78 is 5.23. The number of fused-ring (bicyclic) bond motifs is 1. The van der Waals surface area contributed by atoms with Gasteiger partial charge in [0.2, 0.25) is 0 Å². The Morgan fingerprint density at radius 1 is 1.50 bits per heavy atom. The second-order valence-electron chi connectivity index (χ2n) is 3.17. The summed E-state index contributed by atoms with van der Waals surface area (Å²) in [6.07, 6.45) is 0.734. The lowest BCUT2D eigenvalue weighted by Gasteiger charge is -2.04. The minimum Gasteiger partial charge on any atom is -0.508 e. The number of aromatic hydroxyl groups is 1. The Hall–Kier alpha value is -1.71. The number of nitrogens with zero attached hydrogens (tertiary/aromatic N) is 1. The molecule has 1 aliphatic heterocycles. The number of ether oxygens (including phenoxy) is 1. The van der Waals surface area contributed by atoms with Crippen LogP contribution in [-0.4, -0.2) is 22.6 Å². The standard InChI is InChI=1S/C10H11NO3/c1-2-6-3-7-8(11-13)5-14-10(7)4-9(6)12/h3-4,12-13H,2,5H2,1H3/b11-8+. The molecular weight excluding hydrogens is 182 g/mol. The van der Waals surface area contributed by atoms with Crippen LogP contribution >= 0.6 is 0 Å². The Balaban J connectivity index is 2.56. The maximum atomic E-state index is 9.55. The van der Waals surface area contributed by atoms with E-state index in [2.05, 4.69) is 5.16 Å². The summed E-state index contributed by atoms with van der Waals surface area (Å²) in [4.78, 5) is 0. The van der Waals surface area contributed by atoms with Crippen LogP contribution in [0.2, 0.25) is 0 Å². The number of hydrogen-bond donors (Lipinski definition) is 2. The van der Waals surface area contributed by atoms with Gasteiger partial charge in [-0.2, -0.15) is 0 Å². The largest absolute Gasteiger partial charge is 0.508 e. The van der Waals surface area contributed by atoms with Gasteiger partial charge >= 0.3 is 0 Å². The van der Waals surface area contributed by atoms with Crippen molar-refractivity contribution in [2.75, 3.05) is 6.61 Å². The fraction of sp³-hybridized carbons (Fsp3) is 0.300. The van der Waals surface area contributed by atoms with Crippen molar-refractivity contribution in [3.63, 3.8) is 0 Å². The number of rotatable bonds is 1. The zero-order chi connectivity index (χ0) is 10.1. The molecule has 0 fully saturated rings. The van der Waals surface area contributed by atoms with Gasteiger partial charge in [-0.25, -0.2) is 0 Å². The summed E-state index contributed by atoms with van der Waals surface area (Å²) >= 11 is 0. The predicted octanol–water partition coefficient (Wildman–Crippen LogP) is 1.53.